The highest BCUT2D eigenvalue weighted by molar-refractivity contribution is 6.59. The van der Waals surface area contributed by atoms with Gasteiger partial charge in [0.2, 0.25) is 0 Å². The summed E-state index contributed by atoms with van der Waals surface area (Å²) in [4.78, 5) is 22.0. The van der Waals surface area contributed by atoms with Gasteiger partial charge in [0.1, 0.15) is 6.61 Å². The second-order valence-corrected chi connectivity index (χ2v) is 6.36. The molecule has 0 fully saturated rings. The molecule has 0 saturated heterocycles. The minimum Gasteiger partial charge on any atom is -0.456 e. The largest absolute Gasteiger partial charge is 0.456 e. The third-order valence-corrected chi connectivity index (χ3v) is 4.23. The Morgan fingerprint density at radius 2 is 2.16 bits per heavy atom. The Morgan fingerprint density at radius 3 is 2.80 bits per heavy atom. The Balaban J connectivity index is 1.77. The number of rotatable bonds is 4. The molecule has 0 saturated carbocycles. The number of halogens is 1. The molecule has 0 radical (unpaired) electrons. The van der Waals surface area contributed by atoms with Gasteiger partial charge in [-0.05, 0) is 18.6 Å². The van der Waals surface area contributed by atoms with Crippen molar-refractivity contribution in [1.82, 2.24) is 4.98 Å². The van der Waals surface area contributed by atoms with E-state index in [4.69, 9.17) is 26.9 Å². The first kappa shape index (κ1) is 17.3. The molecular formula is C17H17BClN3O3. The number of oxime groups is 1. The zero-order valence-corrected chi connectivity index (χ0v) is 14.7. The van der Waals surface area contributed by atoms with E-state index in [-0.39, 0.29) is 29.1 Å². The highest BCUT2D eigenvalue weighted by atomic mass is 35.5. The highest BCUT2D eigenvalue weighted by Gasteiger charge is 2.26. The van der Waals surface area contributed by atoms with Crippen molar-refractivity contribution in [2.45, 2.75) is 26.1 Å². The zero-order chi connectivity index (χ0) is 18.0. The van der Waals surface area contributed by atoms with Crippen molar-refractivity contribution in [1.29, 1.82) is 0 Å². The standard InChI is InChI=1S/C17H17BClN3O3/c1-9-2-4-10(5-3-9)8-24-17(23)16-15(19)11(20)6-12(21-16)13-7-14(18)22-25-13/h2-6,13H,7-8,18H2,1H3,(H2,20,21). The van der Waals surface area contributed by atoms with E-state index in [1.807, 2.05) is 39.0 Å². The molecule has 2 aromatic rings. The van der Waals surface area contributed by atoms with Crippen molar-refractivity contribution in [2.75, 3.05) is 5.73 Å². The van der Waals surface area contributed by atoms with Crippen LogP contribution in [0.2, 0.25) is 5.02 Å². The van der Waals surface area contributed by atoms with E-state index < -0.39 is 5.97 Å². The molecule has 8 heteroatoms. The Labute approximate surface area is 151 Å². The van der Waals surface area contributed by atoms with Gasteiger partial charge < -0.3 is 15.3 Å². The van der Waals surface area contributed by atoms with Gasteiger partial charge in [0, 0.05) is 12.0 Å². The number of nitrogen functional groups attached to an aromatic ring is 1. The smallest absolute Gasteiger partial charge is 0.358 e. The van der Waals surface area contributed by atoms with Crippen molar-refractivity contribution in [3.05, 3.63) is 57.9 Å². The number of anilines is 1. The van der Waals surface area contributed by atoms with E-state index in [1.54, 1.807) is 6.07 Å². The number of nitrogens with zero attached hydrogens (tertiary/aromatic N) is 2. The lowest BCUT2D eigenvalue weighted by atomic mass is 9.95. The van der Waals surface area contributed by atoms with Crippen LogP contribution in [0, 0.1) is 6.92 Å². The SMILES string of the molecule is BC1=NOC(c2cc(N)c(Cl)c(C(=O)OCc3ccc(C)cc3)n2)C1. The summed E-state index contributed by atoms with van der Waals surface area (Å²) < 4.78 is 5.32. The van der Waals surface area contributed by atoms with Crippen molar-refractivity contribution >= 4 is 36.7 Å². The number of benzene rings is 1. The molecule has 128 valence electrons. The Kier molecular flexibility index (Phi) is 4.94. The topological polar surface area (TPSA) is 86.8 Å². The average Bonchev–Trinajstić information content (AvgIpc) is 3.03. The summed E-state index contributed by atoms with van der Waals surface area (Å²) in [5.74, 6) is -0.630. The maximum absolute atomic E-state index is 12.4. The van der Waals surface area contributed by atoms with Crippen LogP contribution in [0.3, 0.4) is 0 Å². The monoisotopic (exact) mass is 357 g/mol. The minimum absolute atomic E-state index is 0.0167. The first-order valence-electron chi connectivity index (χ1n) is 7.82. The number of ether oxygens (including phenoxy) is 1. The number of carbonyl (C=O) groups excluding carboxylic acids is 1. The van der Waals surface area contributed by atoms with E-state index >= 15 is 0 Å². The Hall–Kier alpha value is -2.54. The predicted octanol–water partition coefficient (Wildman–Crippen LogP) is 2.39. The molecule has 25 heavy (non-hydrogen) atoms. The summed E-state index contributed by atoms with van der Waals surface area (Å²) in [5.41, 5.74) is 9.51. The molecule has 6 nitrogen and oxygen atoms in total. The second kappa shape index (κ2) is 7.15. The molecule has 3 rings (SSSR count). The van der Waals surface area contributed by atoms with Gasteiger partial charge in [-0.1, -0.05) is 41.4 Å². The van der Waals surface area contributed by atoms with Gasteiger partial charge >= 0.3 is 5.97 Å². The molecule has 0 amide bonds. The number of hydrogen-bond donors (Lipinski definition) is 1. The molecule has 2 N–H and O–H groups in total. The van der Waals surface area contributed by atoms with Crippen LogP contribution in [0.25, 0.3) is 0 Å². The zero-order valence-electron chi connectivity index (χ0n) is 14.0. The van der Waals surface area contributed by atoms with Crippen LogP contribution in [0.15, 0.2) is 35.5 Å². The van der Waals surface area contributed by atoms with Gasteiger partial charge in [-0.2, -0.15) is 0 Å². The summed E-state index contributed by atoms with van der Waals surface area (Å²) in [6, 6.07) is 9.29. The Bertz CT molecular complexity index is 840. The van der Waals surface area contributed by atoms with Crippen molar-refractivity contribution in [3.63, 3.8) is 0 Å². The van der Waals surface area contributed by atoms with Crippen LogP contribution < -0.4 is 5.73 Å². The van der Waals surface area contributed by atoms with Gasteiger partial charge in [0.05, 0.1) is 16.4 Å². The number of aryl methyl sites for hydroxylation is 1. The number of hydrogen-bond acceptors (Lipinski definition) is 6. The van der Waals surface area contributed by atoms with Crippen LogP contribution in [0.1, 0.15) is 39.8 Å². The molecule has 1 aromatic carbocycles. The number of esters is 1. The average molecular weight is 358 g/mol. The van der Waals surface area contributed by atoms with Crippen LogP contribution >= 0.6 is 11.6 Å². The van der Waals surface area contributed by atoms with Gasteiger partial charge in [0.25, 0.3) is 0 Å². The lowest BCUT2D eigenvalue weighted by Gasteiger charge is -2.12. The van der Waals surface area contributed by atoms with E-state index in [2.05, 4.69) is 10.1 Å². The normalized spacial score (nSPS) is 16.2. The van der Waals surface area contributed by atoms with Gasteiger partial charge in [-0.3, -0.25) is 0 Å². The van der Waals surface area contributed by atoms with Crippen LogP contribution in [-0.4, -0.2) is 24.4 Å². The highest BCUT2D eigenvalue weighted by Crippen LogP contribution is 2.31. The summed E-state index contributed by atoms with van der Waals surface area (Å²) in [6.07, 6.45) is 0.217. The van der Waals surface area contributed by atoms with E-state index in [9.17, 15) is 4.79 Å². The molecule has 0 bridgehead atoms. The second-order valence-electron chi connectivity index (χ2n) is 5.99. The quantitative estimate of drug-likeness (QED) is 0.670. The first-order chi connectivity index (χ1) is 11.9. The van der Waals surface area contributed by atoms with E-state index in [1.165, 1.54) is 0 Å². The Morgan fingerprint density at radius 1 is 1.44 bits per heavy atom. The molecule has 1 atom stereocenters. The molecule has 1 unspecified atom stereocenters. The summed E-state index contributed by atoms with van der Waals surface area (Å²) in [5, 5.41) is 3.97. The lowest BCUT2D eigenvalue weighted by Crippen LogP contribution is -2.13. The summed E-state index contributed by atoms with van der Waals surface area (Å²) >= 11 is 6.14. The van der Waals surface area contributed by atoms with Crippen LogP contribution in [0.4, 0.5) is 5.69 Å². The molecule has 0 spiro atoms. The van der Waals surface area contributed by atoms with Crippen LogP contribution in [0.5, 0.6) is 0 Å². The fraction of sp³-hybridized carbons (Fsp3) is 0.235. The maximum Gasteiger partial charge on any atom is 0.358 e. The van der Waals surface area contributed by atoms with E-state index in [0.717, 1.165) is 16.7 Å². The molecule has 1 aliphatic rings. The number of nitrogens with two attached hydrogens (primary N) is 1. The van der Waals surface area contributed by atoms with Crippen LogP contribution in [-0.2, 0) is 16.2 Å². The van der Waals surface area contributed by atoms with Gasteiger partial charge in [0.15, 0.2) is 19.6 Å². The minimum atomic E-state index is -0.630. The molecule has 2 heterocycles. The molecule has 1 aromatic heterocycles. The fourth-order valence-corrected chi connectivity index (χ4v) is 2.60. The maximum atomic E-state index is 12.4. The molecule has 1 aliphatic heterocycles. The third kappa shape index (κ3) is 3.93. The van der Waals surface area contributed by atoms with Crippen molar-refractivity contribution in [2.24, 2.45) is 5.16 Å². The fourth-order valence-electron chi connectivity index (χ4n) is 2.43. The number of pyridine rings is 1. The van der Waals surface area contributed by atoms with E-state index in [0.29, 0.717) is 12.1 Å². The number of aromatic nitrogens is 1. The molecule has 0 aliphatic carbocycles. The first-order valence-corrected chi connectivity index (χ1v) is 8.19. The van der Waals surface area contributed by atoms with Crippen molar-refractivity contribution < 1.29 is 14.4 Å². The lowest BCUT2D eigenvalue weighted by molar-refractivity contribution is 0.0462. The summed E-state index contributed by atoms with van der Waals surface area (Å²) in [7, 11) is 1.86. The van der Waals surface area contributed by atoms with Gasteiger partial charge in [-0.25, -0.2) is 9.78 Å². The van der Waals surface area contributed by atoms with Crippen molar-refractivity contribution in [3.8, 4) is 0 Å². The summed E-state index contributed by atoms with van der Waals surface area (Å²) in [6.45, 7) is 2.12. The molecular weight excluding hydrogens is 340 g/mol. The number of carbonyl (C=O) groups is 1. The third-order valence-electron chi connectivity index (χ3n) is 3.84. The van der Waals surface area contributed by atoms with Gasteiger partial charge in [-0.15, -0.1) is 5.16 Å². The predicted molar refractivity (Wildman–Crippen MR) is 98.4 cm³/mol.